The Balaban J connectivity index is 1.96. The van der Waals surface area contributed by atoms with Crippen LogP contribution in [0.4, 0.5) is 5.69 Å². The molecule has 0 aliphatic heterocycles. The molecule has 1 aliphatic rings. The third-order valence-corrected chi connectivity index (χ3v) is 3.65. The van der Waals surface area contributed by atoms with Gasteiger partial charge >= 0.3 is 0 Å². The highest BCUT2D eigenvalue weighted by molar-refractivity contribution is 5.92. The number of aliphatic hydroxyl groups is 1. The fourth-order valence-electron chi connectivity index (χ4n) is 2.14. The first-order valence-electron chi connectivity index (χ1n) is 6.88. The van der Waals surface area contributed by atoms with E-state index in [9.17, 15) is 5.11 Å². The quantitative estimate of drug-likeness (QED) is 0.576. The van der Waals surface area contributed by atoms with Crippen molar-refractivity contribution in [3.8, 4) is 0 Å². The van der Waals surface area contributed by atoms with Gasteiger partial charge in [-0.2, -0.15) is 0 Å². The standard InChI is InChI=1S/C15H23N3O/c1-11(2)12-5-3-6-13(9-12)18-14(16)17-10-15(19)7-4-8-15/h3,5-6,9,11,19H,4,7-8,10H2,1-2H3,(H3,16,17,18). The van der Waals surface area contributed by atoms with Crippen LogP contribution in [0.5, 0.6) is 0 Å². The summed E-state index contributed by atoms with van der Waals surface area (Å²) < 4.78 is 0. The first-order chi connectivity index (χ1) is 8.98. The summed E-state index contributed by atoms with van der Waals surface area (Å²) in [7, 11) is 0. The van der Waals surface area contributed by atoms with E-state index in [4.69, 9.17) is 5.73 Å². The third-order valence-electron chi connectivity index (χ3n) is 3.65. The lowest BCUT2D eigenvalue weighted by molar-refractivity contribution is -0.0235. The van der Waals surface area contributed by atoms with Gasteiger partial charge in [-0.1, -0.05) is 26.0 Å². The summed E-state index contributed by atoms with van der Waals surface area (Å²) in [5.74, 6) is 0.844. The SMILES string of the molecule is CC(C)c1cccc(NC(N)=NCC2(O)CCC2)c1. The molecule has 104 valence electrons. The number of anilines is 1. The molecule has 0 aromatic heterocycles. The molecule has 0 heterocycles. The average molecular weight is 261 g/mol. The zero-order chi connectivity index (χ0) is 13.9. The molecule has 1 aromatic carbocycles. The second-order valence-electron chi connectivity index (χ2n) is 5.68. The van der Waals surface area contributed by atoms with Crippen molar-refractivity contribution in [2.75, 3.05) is 11.9 Å². The fraction of sp³-hybridized carbons (Fsp3) is 0.533. The highest BCUT2D eigenvalue weighted by atomic mass is 16.3. The minimum Gasteiger partial charge on any atom is -0.388 e. The Morgan fingerprint density at radius 2 is 2.21 bits per heavy atom. The van der Waals surface area contributed by atoms with E-state index in [-0.39, 0.29) is 0 Å². The van der Waals surface area contributed by atoms with Crippen molar-refractivity contribution in [2.45, 2.75) is 44.6 Å². The van der Waals surface area contributed by atoms with Crippen LogP contribution in [-0.4, -0.2) is 23.2 Å². The van der Waals surface area contributed by atoms with Crippen molar-refractivity contribution in [3.05, 3.63) is 29.8 Å². The largest absolute Gasteiger partial charge is 0.388 e. The van der Waals surface area contributed by atoms with E-state index in [2.05, 4.69) is 36.3 Å². The van der Waals surface area contributed by atoms with Crippen LogP contribution in [-0.2, 0) is 0 Å². The summed E-state index contributed by atoms with van der Waals surface area (Å²) in [6, 6.07) is 8.14. The van der Waals surface area contributed by atoms with Gasteiger partial charge in [0, 0.05) is 5.69 Å². The number of hydrogen-bond acceptors (Lipinski definition) is 2. The minimum absolute atomic E-state index is 0.362. The summed E-state index contributed by atoms with van der Waals surface area (Å²) in [5, 5.41) is 13.0. The zero-order valence-electron chi connectivity index (χ0n) is 11.7. The third kappa shape index (κ3) is 3.70. The van der Waals surface area contributed by atoms with Gasteiger partial charge in [0.15, 0.2) is 5.96 Å². The first kappa shape index (κ1) is 13.9. The Bertz CT molecular complexity index is 464. The zero-order valence-corrected chi connectivity index (χ0v) is 11.7. The van der Waals surface area contributed by atoms with Crippen LogP contribution < -0.4 is 11.1 Å². The molecule has 1 aliphatic carbocycles. The molecule has 1 saturated carbocycles. The number of hydrogen-bond donors (Lipinski definition) is 3. The minimum atomic E-state index is -0.619. The van der Waals surface area contributed by atoms with Crippen LogP contribution in [0.3, 0.4) is 0 Å². The Morgan fingerprint density at radius 1 is 1.47 bits per heavy atom. The van der Waals surface area contributed by atoms with Crippen LogP contribution in [0.1, 0.15) is 44.6 Å². The number of nitrogens with one attached hydrogen (secondary N) is 1. The van der Waals surface area contributed by atoms with E-state index in [1.54, 1.807) is 0 Å². The fourth-order valence-corrected chi connectivity index (χ4v) is 2.14. The average Bonchev–Trinajstić information content (AvgIpc) is 2.34. The second-order valence-corrected chi connectivity index (χ2v) is 5.68. The molecule has 1 aromatic rings. The summed E-state index contributed by atoms with van der Waals surface area (Å²) in [6.07, 6.45) is 2.73. The van der Waals surface area contributed by atoms with Crippen molar-refractivity contribution < 1.29 is 5.11 Å². The molecule has 2 rings (SSSR count). The van der Waals surface area contributed by atoms with Crippen LogP contribution in [0, 0.1) is 0 Å². The van der Waals surface area contributed by atoms with Gasteiger partial charge in [-0.05, 0) is 42.9 Å². The topological polar surface area (TPSA) is 70.6 Å². The Kier molecular flexibility index (Phi) is 4.10. The van der Waals surface area contributed by atoms with E-state index in [1.165, 1.54) is 5.56 Å². The molecular weight excluding hydrogens is 238 g/mol. The van der Waals surface area contributed by atoms with Crippen LogP contribution in [0.2, 0.25) is 0 Å². The predicted molar refractivity (Wildman–Crippen MR) is 79.4 cm³/mol. The molecule has 0 amide bonds. The van der Waals surface area contributed by atoms with Gasteiger partial charge in [-0.25, -0.2) is 0 Å². The van der Waals surface area contributed by atoms with Gasteiger partial charge in [-0.15, -0.1) is 0 Å². The number of nitrogens with two attached hydrogens (primary N) is 1. The molecule has 4 N–H and O–H groups in total. The molecular formula is C15H23N3O. The van der Waals surface area contributed by atoms with Gasteiger partial charge in [0.05, 0.1) is 12.1 Å². The number of nitrogens with zero attached hydrogens (tertiary/aromatic N) is 1. The molecule has 0 bridgehead atoms. The monoisotopic (exact) mass is 261 g/mol. The van der Waals surface area contributed by atoms with Crippen molar-refractivity contribution in [3.63, 3.8) is 0 Å². The van der Waals surface area contributed by atoms with Crippen molar-refractivity contribution in [1.29, 1.82) is 0 Å². The summed E-state index contributed by atoms with van der Waals surface area (Å²) >= 11 is 0. The molecule has 1 fully saturated rings. The van der Waals surface area contributed by atoms with Gasteiger partial charge in [-0.3, -0.25) is 4.99 Å². The molecule has 0 unspecified atom stereocenters. The van der Waals surface area contributed by atoms with Crippen molar-refractivity contribution >= 4 is 11.6 Å². The highest BCUT2D eigenvalue weighted by Gasteiger charge is 2.33. The smallest absolute Gasteiger partial charge is 0.193 e. The van der Waals surface area contributed by atoms with Crippen molar-refractivity contribution in [2.24, 2.45) is 10.7 Å². The maximum Gasteiger partial charge on any atom is 0.193 e. The lowest BCUT2D eigenvalue weighted by Gasteiger charge is -2.34. The van der Waals surface area contributed by atoms with Gasteiger partial charge in [0.25, 0.3) is 0 Å². The number of benzene rings is 1. The van der Waals surface area contributed by atoms with E-state index in [1.807, 2.05) is 12.1 Å². The lowest BCUT2D eigenvalue weighted by atomic mass is 9.80. The number of guanidine groups is 1. The molecule has 0 spiro atoms. The summed E-state index contributed by atoms with van der Waals surface area (Å²) in [5.41, 5.74) is 7.42. The number of aliphatic imine (C=N–C) groups is 1. The van der Waals surface area contributed by atoms with E-state index < -0.39 is 5.60 Å². The van der Waals surface area contributed by atoms with Crippen LogP contribution in [0.25, 0.3) is 0 Å². The molecule has 4 heteroatoms. The number of rotatable bonds is 4. The van der Waals surface area contributed by atoms with Crippen molar-refractivity contribution in [1.82, 2.24) is 0 Å². The van der Waals surface area contributed by atoms with Gasteiger partial charge in [0.1, 0.15) is 0 Å². The lowest BCUT2D eigenvalue weighted by Crippen LogP contribution is -2.41. The molecule has 0 saturated heterocycles. The molecule has 0 atom stereocenters. The second kappa shape index (κ2) is 5.61. The maximum absolute atomic E-state index is 9.95. The van der Waals surface area contributed by atoms with E-state index in [0.717, 1.165) is 24.9 Å². The van der Waals surface area contributed by atoms with E-state index in [0.29, 0.717) is 18.4 Å². The van der Waals surface area contributed by atoms with E-state index >= 15 is 0 Å². The predicted octanol–water partition coefficient (Wildman–Crippen LogP) is 2.45. The molecule has 19 heavy (non-hydrogen) atoms. The van der Waals surface area contributed by atoms with Gasteiger partial charge < -0.3 is 16.2 Å². The highest BCUT2D eigenvalue weighted by Crippen LogP contribution is 2.31. The molecule has 4 nitrogen and oxygen atoms in total. The first-order valence-corrected chi connectivity index (χ1v) is 6.88. The van der Waals surface area contributed by atoms with Gasteiger partial charge in [0.2, 0.25) is 0 Å². The normalized spacial score (nSPS) is 18.2. The maximum atomic E-state index is 9.95. The van der Waals surface area contributed by atoms with Crippen LogP contribution in [0.15, 0.2) is 29.3 Å². The Morgan fingerprint density at radius 3 is 2.79 bits per heavy atom. The molecule has 0 radical (unpaired) electrons. The Labute approximate surface area is 114 Å². The van der Waals surface area contributed by atoms with Crippen LogP contribution >= 0.6 is 0 Å². The summed E-state index contributed by atoms with van der Waals surface area (Å²) in [4.78, 5) is 4.22. The Hall–Kier alpha value is -1.55. The summed E-state index contributed by atoms with van der Waals surface area (Å²) in [6.45, 7) is 4.70.